The van der Waals surface area contributed by atoms with Gasteiger partial charge in [0.05, 0.1) is 0 Å². The van der Waals surface area contributed by atoms with E-state index in [1.807, 2.05) is 49.5 Å². The zero-order valence-corrected chi connectivity index (χ0v) is 11.3. The predicted molar refractivity (Wildman–Crippen MR) is 81.9 cm³/mol. The maximum absolute atomic E-state index is 10.0. The van der Waals surface area contributed by atoms with Crippen LogP contribution in [0.3, 0.4) is 0 Å². The van der Waals surface area contributed by atoms with Crippen molar-refractivity contribution in [2.24, 2.45) is 0 Å². The normalized spacial score (nSPS) is 10.7. The first-order valence-electron chi connectivity index (χ1n) is 6.60. The summed E-state index contributed by atoms with van der Waals surface area (Å²) in [5.41, 5.74) is 2.81. The minimum atomic E-state index is 0.360. The molecule has 20 heavy (non-hydrogen) atoms. The van der Waals surface area contributed by atoms with Crippen LogP contribution in [0.2, 0.25) is 0 Å². The first kappa shape index (κ1) is 12.5. The number of aryl methyl sites for hydroxylation is 1. The highest BCUT2D eigenvalue weighted by Crippen LogP contribution is 2.25. The Bertz CT molecular complexity index is 748. The molecule has 3 nitrogen and oxygen atoms in total. The van der Waals surface area contributed by atoms with E-state index in [1.165, 1.54) is 0 Å². The smallest absolute Gasteiger partial charge is 0.123 e. The molecule has 0 spiro atoms. The fourth-order valence-electron chi connectivity index (χ4n) is 2.32. The van der Waals surface area contributed by atoms with E-state index in [0.717, 1.165) is 27.6 Å². The van der Waals surface area contributed by atoms with Crippen molar-refractivity contribution in [3.05, 3.63) is 66.0 Å². The van der Waals surface area contributed by atoms with E-state index < -0.39 is 0 Å². The summed E-state index contributed by atoms with van der Waals surface area (Å²) in [5, 5.41) is 15.6. The standard InChI is InChI=1S/C17H16N2O/c1-12-4-2-6-14(17(12)20)10-19-16-7-3-5-13-8-9-18-11-15(13)16/h2-9,11,19-20H,10H2,1H3. The number of anilines is 1. The quantitative estimate of drug-likeness (QED) is 0.755. The Kier molecular flexibility index (Phi) is 3.25. The third-order valence-electron chi connectivity index (χ3n) is 3.47. The number of phenols is 1. The highest BCUT2D eigenvalue weighted by atomic mass is 16.3. The number of fused-ring (bicyclic) bond motifs is 1. The van der Waals surface area contributed by atoms with Gasteiger partial charge < -0.3 is 10.4 Å². The largest absolute Gasteiger partial charge is 0.507 e. The van der Waals surface area contributed by atoms with Gasteiger partial charge in [-0.1, -0.05) is 30.3 Å². The second kappa shape index (κ2) is 5.21. The van der Waals surface area contributed by atoms with Crippen LogP contribution in [0.5, 0.6) is 5.75 Å². The van der Waals surface area contributed by atoms with Gasteiger partial charge in [0.15, 0.2) is 0 Å². The number of aromatic hydroxyl groups is 1. The molecule has 0 fully saturated rings. The molecule has 0 amide bonds. The van der Waals surface area contributed by atoms with Crippen molar-refractivity contribution in [2.75, 3.05) is 5.32 Å². The van der Waals surface area contributed by atoms with Crippen LogP contribution in [0.15, 0.2) is 54.9 Å². The average molecular weight is 264 g/mol. The number of nitrogens with one attached hydrogen (secondary N) is 1. The molecule has 0 unspecified atom stereocenters. The number of hydrogen-bond donors (Lipinski definition) is 2. The van der Waals surface area contributed by atoms with E-state index in [9.17, 15) is 5.11 Å². The summed E-state index contributed by atoms with van der Waals surface area (Å²) < 4.78 is 0. The van der Waals surface area contributed by atoms with E-state index in [0.29, 0.717) is 12.3 Å². The maximum atomic E-state index is 10.0. The van der Waals surface area contributed by atoms with Gasteiger partial charge in [0.25, 0.3) is 0 Å². The Morgan fingerprint density at radius 3 is 2.85 bits per heavy atom. The lowest BCUT2D eigenvalue weighted by molar-refractivity contribution is 0.465. The van der Waals surface area contributed by atoms with Crippen LogP contribution in [0, 0.1) is 6.92 Å². The highest BCUT2D eigenvalue weighted by Gasteiger charge is 2.05. The maximum Gasteiger partial charge on any atom is 0.123 e. The van der Waals surface area contributed by atoms with Crippen molar-refractivity contribution in [3.63, 3.8) is 0 Å². The molecule has 1 heterocycles. The molecule has 3 rings (SSSR count). The Morgan fingerprint density at radius 1 is 1.10 bits per heavy atom. The lowest BCUT2D eigenvalue weighted by atomic mass is 10.1. The first-order valence-corrected chi connectivity index (χ1v) is 6.60. The average Bonchev–Trinajstić information content (AvgIpc) is 2.49. The third-order valence-corrected chi connectivity index (χ3v) is 3.47. The lowest BCUT2D eigenvalue weighted by Gasteiger charge is -2.11. The lowest BCUT2D eigenvalue weighted by Crippen LogP contribution is -2.01. The molecule has 3 heteroatoms. The second-order valence-corrected chi connectivity index (χ2v) is 4.84. The van der Waals surface area contributed by atoms with Gasteiger partial charge >= 0.3 is 0 Å². The molecular weight excluding hydrogens is 248 g/mol. The number of nitrogens with zero attached hydrogens (tertiary/aromatic N) is 1. The van der Waals surface area contributed by atoms with E-state index in [-0.39, 0.29) is 0 Å². The van der Waals surface area contributed by atoms with Gasteiger partial charge in [0.1, 0.15) is 5.75 Å². The number of hydrogen-bond acceptors (Lipinski definition) is 3. The fraction of sp³-hybridized carbons (Fsp3) is 0.118. The molecular formula is C17H16N2O. The number of aromatic nitrogens is 1. The molecule has 0 aliphatic rings. The van der Waals surface area contributed by atoms with Crippen LogP contribution >= 0.6 is 0 Å². The predicted octanol–water partition coefficient (Wildman–Crippen LogP) is 3.86. The molecule has 3 aromatic rings. The molecule has 0 bridgehead atoms. The highest BCUT2D eigenvalue weighted by molar-refractivity contribution is 5.93. The van der Waals surface area contributed by atoms with Gasteiger partial charge in [-0.05, 0) is 30.0 Å². The van der Waals surface area contributed by atoms with Gasteiger partial charge in [-0.2, -0.15) is 0 Å². The number of rotatable bonds is 3. The Morgan fingerprint density at radius 2 is 1.95 bits per heavy atom. The van der Waals surface area contributed by atoms with Crippen LogP contribution in [0.1, 0.15) is 11.1 Å². The molecule has 2 aromatic carbocycles. The number of para-hydroxylation sites is 1. The van der Waals surface area contributed by atoms with Crippen molar-refractivity contribution >= 4 is 16.5 Å². The second-order valence-electron chi connectivity index (χ2n) is 4.84. The summed E-state index contributed by atoms with van der Waals surface area (Å²) in [5.74, 6) is 0.360. The molecule has 2 N–H and O–H groups in total. The zero-order chi connectivity index (χ0) is 13.9. The molecule has 0 aliphatic heterocycles. The monoisotopic (exact) mass is 264 g/mol. The van der Waals surface area contributed by atoms with Crippen LogP contribution in [-0.4, -0.2) is 10.1 Å². The van der Waals surface area contributed by atoms with Crippen LogP contribution in [0.25, 0.3) is 10.8 Å². The minimum absolute atomic E-state index is 0.360. The van der Waals surface area contributed by atoms with Crippen LogP contribution in [-0.2, 0) is 6.54 Å². The minimum Gasteiger partial charge on any atom is -0.507 e. The van der Waals surface area contributed by atoms with Crippen molar-refractivity contribution < 1.29 is 5.11 Å². The summed E-state index contributed by atoms with van der Waals surface area (Å²) >= 11 is 0. The summed E-state index contributed by atoms with van der Waals surface area (Å²) in [6.45, 7) is 2.49. The van der Waals surface area contributed by atoms with Gasteiger partial charge in [-0.25, -0.2) is 0 Å². The topological polar surface area (TPSA) is 45.2 Å². The van der Waals surface area contributed by atoms with E-state index >= 15 is 0 Å². The van der Waals surface area contributed by atoms with Gasteiger partial charge in [0.2, 0.25) is 0 Å². The van der Waals surface area contributed by atoms with Crippen molar-refractivity contribution in [3.8, 4) is 5.75 Å². The summed E-state index contributed by atoms with van der Waals surface area (Å²) in [7, 11) is 0. The molecule has 0 radical (unpaired) electrons. The van der Waals surface area contributed by atoms with Gasteiger partial charge in [0, 0.05) is 35.6 Å². The Labute approximate surface area is 117 Å². The summed E-state index contributed by atoms with van der Waals surface area (Å²) in [6.07, 6.45) is 3.65. The summed E-state index contributed by atoms with van der Waals surface area (Å²) in [4.78, 5) is 4.17. The zero-order valence-electron chi connectivity index (χ0n) is 11.3. The molecule has 0 saturated heterocycles. The Hall–Kier alpha value is -2.55. The number of phenolic OH excluding ortho intramolecular Hbond substituents is 1. The number of benzene rings is 2. The summed E-state index contributed by atoms with van der Waals surface area (Å²) in [6, 6.07) is 13.9. The van der Waals surface area contributed by atoms with Crippen molar-refractivity contribution in [2.45, 2.75) is 13.5 Å². The SMILES string of the molecule is Cc1cccc(CNc2cccc3ccncc23)c1O. The number of pyridine rings is 1. The molecule has 0 saturated carbocycles. The molecule has 0 aliphatic carbocycles. The first-order chi connectivity index (χ1) is 9.75. The van der Waals surface area contributed by atoms with Crippen LogP contribution in [0.4, 0.5) is 5.69 Å². The Balaban J connectivity index is 1.89. The van der Waals surface area contributed by atoms with E-state index in [1.54, 1.807) is 6.20 Å². The van der Waals surface area contributed by atoms with Gasteiger partial charge in [-0.3, -0.25) is 4.98 Å². The molecule has 0 atom stereocenters. The van der Waals surface area contributed by atoms with Crippen molar-refractivity contribution in [1.82, 2.24) is 4.98 Å². The third kappa shape index (κ3) is 2.30. The fourth-order valence-corrected chi connectivity index (χ4v) is 2.32. The molecule has 100 valence electrons. The van der Waals surface area contributed by atoms with E-state index in [2.05, 4.69) is 16.4 Å². The van der Waals surface area contributed by atoms with Crippen molar-refractivity contribution in [1.29, 1.82) is 0 Å². The molecule has 1 aromatic heterocycles. The van der Waals surface area contributed by atoms with Gasteiger partial charge in [-0.15, -0.1) is 0 Å². The van der Waals surface area contributed by atoms with E-state index in [4.69, 9.17) is 0 Å². The van der Waals surface area contributed by atoms with Crippen LogP contribution < -0.4 is 5.32 Å².